The maximum Gasteiger partial charge on any atom is 0.259 e. The Kier molecular flexibility index (Phi) is 9.61. The van der Waals surface area contributed by atoms with Gasteiger partial charge in [0.2, 0.25) is 0 Å². The first-order valence-corrected chi connectivity index (χ1v) is 13.7. The van der Waals surface area contributed by atoms with Crippen molar-refractivity contribution in [3.63, 3.8) is 0 Å². The largest absolute Gasteiger partial charge is 0.321 e. The van der Waals surface area contributed by atoms with Crippen molar-refractivity contribution in [1.82, 2.24) is 4.67 Å². The van der Waals surface area contributed by atoms with Gasteiger partial charge < -0.3 is 9.05 Å². The van der Waals surface area contributed by atoms with Gasteiger partial charge in [-0.05, 0) is 59.2 Å². The lowest BCUT2D eigenvalue weighted by atomic mass is 9.98. The van der Waals surface area contributed by atoms with Gasteiger partial charge in [-0.15, -0.1) is 0 Å². The molecule has 1 saturated heterocycles. The van der Waals surface area contributed by atoms with Gasteiger partial charge in [0, 0.05) is 21.3 Å². The number of nitrogens with zero attached hydrogens (tertiary/aromatic N) is 2. The molecule has 0 saturated carbocycles. The SMILES string of the molecule is CC(C)N(C(C)C)P(OCCC#N)O[C@H]1[C@H](c2ccc(Br)cc2)SSC1(C)C. The smallest absolute Gasteiger partial charge is 0.259 e. The van der Waals surface area contributed by atoms with Crippen molar-refractivity contribution in [2.75, 3.05) is 6.61 Å². The topological polar surface area (TPSA) is 45.5 Å². The third-order valence-corrected chi connectivity index (χ3v) is 10.7. The van der Waals surface area contributed by atoms with Crippen LogP contribution in [-0.4, -0.2) is 34.2 Å². The summed E-state index contributed by atoms with van der Waals surface area (Å²) in [5, 5.41) is 9.16. The molecule has 1 aliphatic rings. The van der Waals surface area contributed by atoms with E-state index in [0.717, 1.165) is 4.47 Å². The molecular weight excluding hydrogens is 475 g/mol. The highest BCUT2D eigenvalue weighted by Crippen LogP contribution is 2.63. The summed E-state index contributed by atoms with van der Waals surface area (Å²) >= 11 is 3.52. The van der Waals surface area contributed by atoms with Gasteiger partial charge in [0.15, 0.2) is 0 Å². The standard InChI is InChI=1S/C20H30BrN2O2PS2/c1-14(2)23(15(3)4)26(24-13-7-12-22)25-19-18(27-28-20(19,5)6)16-8-10-17(21)11-9-16/h8-11,14-15,18-19H,7,13H2,1-6H3/t18-,19-,26?/m0/s1. The second-order valence-electron chi connectivity index (χ2n) is 7.83. The molecule has 3 atom stereocenters. The van der Waals surface area contributed by atoms with E-state index in [1.165, 1.54) is 5.56 Å². The summed E-state index contributed by atoms with van der Waals surface area (Å²) in [6.07, 6.45) is 0.386. The van der Waals surface area contributed by atoms with Gasteiger partial charge >= 0.3 is 0 Å². The van der Waals surface area contributed by atoms with E-state index in [0.29, 0.717) is 25.1 Å². The Bertz CT molecular complexity index is 659. The van der Waals surface area contributed by atoms with Gasteiger partial charge in [-0.1, -0.05) is 49.7 Å². The van der Waals surface area contributed by atoms with Crippen LogP contribution < -0.4 is 0 Å². The minimum Gasteiger partial charge on any atom is -0.321 e. The summed E-state index contributed by atoms with van der Waals surface area (Å²) < 4.78 is 16.2. The number of rotatable bonds is 9. The highest BCUT2D eigenvalue weighted by molar-refractivity contribution is 9.10. The van der Waals surface area contributed by atoms with Crippen LogP contribution in [0.3, 0.4) is 0 Å². The third kappa shape index (κ3) is 6.35. The van der Waals surface area contributed by atoms with Crippen LogP contribution in [0.15, 0.2) is 28.7 Å². The fraction of sp³-hybridized carbons (Fsp3) is 0.650. The highest BCUT2D eigenvalue weighted by atomic mass is 79.9. The molecular formula is C20H30BrN2O2PS2. The van der Waals surface area contributed by atoms with Crippen molar-refractivity contribution in [3.05, 3.63) is 34.3 Å². The molecule has 28 heavy (non-hydrogen) atoms. The minimum absolute atomic E-state index is 0.0110. The molecule has 0 aromatic heterocycles. The predicted octanol–water partition coefficient (Wildman–Crippen LogP) is 7.32. The molecule has 0 aliphatic carbocycles. The van der Waals surface area contributed by atoms with Crippen LogP contribution in [0.5, 0.6) is 0 Å². The van der Waals surface area contributed by atoms with Gasteiger partial charge in [0.25, 0.3) is 8.53 Å². The lowest BCUT2D eigenvalue weighted by molar-refractivity contribution is 0.114. The zero-order valence-electron chi connectivity index (χ0n) is 17.4. The van der Waals surface area contributed by atoms with E-state index in [2.05, 4.69) is 92.5 Å². The second kappa shape index (κ2) is 11.0. The van der Waals surface area contributed by atoms with Crippen LogP contribution >= 0.6 is 46.0 Å². The molecule has 0 amide bonds. The van der Waals surface area contributed by atoms with Crippen molar-refractivity contribution in [3.8, 4) is 6.07 Å². The van der Waals surface area contributed by atoms with Crippen LogP contribution in [0.25, 0.3) is 0 Å². The lowest BCUT2D eigenvalue weighted by Crippen LogP contribution is -2.39. The summed E-state index contributed by atoms with van der Waals surface area (Å²) in [5.41, 5.74) is 1.27. The normalized spacial score (nSPS) is 22.8. The summed E-state index contributed by atoms with van der Waals surface area (Å²) in [4.78, 5) is 0. The summed E-state index contributed by atoms with van der Waals surface area (Å²) in [6, 6.07) is 11.3. The quantitative estimate of drug-likeness (QED) is 0.199. The first kappa shape index (κ1) is 24.5. The fourth-order valence-corrected chi connectivity index (χ4v) is 8.85. The Morgan fingerprint density at radius 1 is 1.21 bits per heavy atom. The van der Waals surface area contributed by atoms with Gasteiger partial charge in [-0.25, -0.2) is 4.67 Å². The number of hydrogen-bond donors (Lipinski definition) is 0. The summed E-state index contributed by atoms with van der Waals surface area (Å²) in [5.74, 6) is 0. The Morgan fingerprint density at radius 3 is 2.36 bits per heavy atom. The van der Waals surface area contributed by atoms with Gasteiger partial charge in [-0.3, -0.25) is 0 Å². The molecule has 1 unspecified atom stereocenters. The molecule has 8 heteroatoms. The molecule has 1 heterocycles. The zero-order valence-corrected chi connectivity index (χ0v) is 21.5. The Hall–Kier alpha value is 0.200. The zero-order chi connectivity index (χ0) is 20.9. The molecule has 1 aromatic carbocycles. The van der Waals surface area contributed by atoms with Crippen LogP contribution in [0.1, 0.15) is 58.8 Å². The van der Waals surface area contributed by atoms with E-state index in [1.54, 1.807) is 0 Å². The van der Waals surface area contributed by atoms with Crippen molar-refractivity contribution >= 4 is 46.0 Å². The van der Waals surface area contributed by atoms with E-state index < -0.39 is 8.53 Å². The van der Waals surface area contributed by atoms with Gasteiger partial charge in [0.05, 0.1) is 30.5 Å². The lowest BCUT2D eigenvalue weighted by Gasteiger charge is -2.39. The highest BCUT2D eigenvalue weighted by Gasteiger charge is 2.48. The van der Waals surface area contributed by atoms with E-state index in [1.807, 2.05) is 21.6 Å². The first-order chi connectivity index (χ1) is 13.2. The summed E-state index contributed by atoms with van der Waals surface area (Å²) in [7, 11) is 2.49. The fourth-order valence-electron chi connectivity index (χ4n) is 3.09. The molecule has 2 rings (SSSR count). The van der Waals surface area contributed by atoms with E-state index in [4.69, 9.17) is 14.3 Å². The molecule has 0 spiro atoms. The number of halogens is 1. The first-order valence-electron chi connectivity index (χ1n) is 9.52. The maximum atomic E-state index is 8.93. The maximum absolute atomic E-state index is 8.93. The van der Waals surface area contributed by atoms with E-state index >= 15 is 0 Å². The molecule has 0 bridgehead atoms. The van der Waals surface area contributed by atoms with E-state index in [9.17, 15) is 0 Å². The van der Waals surface area contributed by atoms with Crippen LogP contribution in [0.2, 0.25) is 0 Å². The predicted molar refractivity (Wildman–Crippen MR) is 126 cm³/mol. The average Bonchev–Trinajstić information content (AvgIpc) is 2.90. The van der Waals surface area contributed by atoms with Crippen LogP contribution in [0.4, 0.5) is 0 Å². The molecule has 1 fully saturated rings. The molecule has 4 nitrogen and oxygen atoms in total. The Balaban J connectivity index is 2.28. The minimum atomic E-state index is -1.26. The van der Waals surface area contributed by atoms with Crippen molar-refractivity contribution in [1.29, 1.82) is 5.26 Å². The number of hydrogen-bond acceptors (Lipinski definition) is 6. The third-order valence-electron chi connectivity index (χ3n) is 4.39. The Morgan fingerprint density at radius 2 is 1.82 bits per heavy atom. The van der Waals surface area contributed by atoms with Crippen molar-refractivity contribution < 1.29 is 9.05 Å². The number of benzene rings is 1. The van der Waals surface area contributed by atoms with Crippen LogP contribution in [0, 0.1) is 11.3 Å². The van der Waals surface area contributed by atoms with Gasteiger partial charge in [0.1, 0.15) is 0 Å². The summed E-state index contributed by atoms with van der Waals surface area (Å²) in [6.45, 7) is 13.6. The molecule has 1 aliphatic heterocycles. The van der Waals surface area contributed by atoms with Crippen LogP contribution in [-0.2, 0) is 9.05 Å². The second-order valence-corrected chi connectivity index (χ2v) is 13.1. The van der Waals surface area contributed by atoms with Gasteiger partial charge in [-0.2, -0.15) is 5.26 Å². The molecule has 1 aromatic rings. The van der Waals surface area contributed by atoms with E-state index in [-0.39, 0.29) is 16.1 Å². The van der Waals surface area contributed by atoms with Crippen molar-refractivity contribution in [2.45, 2.75) is 76.1 Å². The van der Waals surface area contributed by atoms with Crippen molar-refractivity contribution in [2.24, 2.45) is 0 Å². The average molecular weight is 505 g/mol. The Labute approximate surface area is 187 Å². The molecule has 156 valence electrons. The molecule has 0 N–H and O–H groups in total. The molecule has 0 radical (unpaired) electrons. The number of nitriles is 1. The monoisotopic (exact) mass is 504 g/mol.